The number of benzene rings is 3. The Hall–Kier alpha value is -4.15. The van der Waals surface area contributed by atoms with Crippen LogP contribution in [0.2, 0.25) is 0 Å². The van der Waals surface area contributed by atoms with Gasteiger partial charge in [-0.3, -0.25) is 9.69 Å². The van der Waals surface area contributed by atoms with Crippen molar-refractivity contribution in [1.82, 2.24) is 4.90 Å². The van der Waals surface area contributed by atoms with Gasteiger partial charge in [0.05, 0.1) is 34.7 Å². The highest BCUT2D eigenvalue weighted by atomic mass is 32.2. The van der Waals surface area contributed by atoms with E-state index < -0.39 is 5.97 Å². The van der Waals surface area contributed by atoms with Crippen LogP contribution in [0.4, 0.5) is 5.69 Å². The molecule has 0 saturated carbocycles. The van der Waals surface area contributed by atoms with Crippen LogP contribution >= 0.6 is 11.8 Å². The molecular weight excluding hydrogens is 422 g/mol. The first-order valence-electron chi connectivity index (χ1n) is 9.69. The van der Waals surface area contributed by atoms with Crippen molar-refractivity contribution in [3.8, 4) is 6.07 Å². The van der Waals surface area contributed by atoms with E-state index in [0.717, 1.165) is 16.8 Å². The number of carbonyl (C=O) groups excluding carboxylic acids is 2. The summed E-state index contributed by atoms with van der Waals surface area (Å²) in [5, 5.41) is 20.5. The number of carboxylic acid groups (broad SMARTS) is 1. The molecule has 0 spiro atoms. The number of nitrogens with zero attached hydrogens (tertiary/aromatic N) is 3. The van der Waals surface area contributed by atoms with Gasteiger partial charge in [-0.05, 0) is 58.8 Å². The molecule has 1 amide bonds. The summed E-state index contributed by atoms with van der Waals surface area (Å²) < 4.78 is 0. The number of carboxylic acids is 1. The molecule has 0 atom stereocenters. The normalized spacial score (nSPS) is 15.8. The van der Waals surface area contributed by atoms with Gasteiger partial charge in [-0.2, -0.15) is 5.26 Å². The van der Waals surface area contributed by atoms with Crippen molar-refractivity contribution in [3.05, 3.63) is 106 Å². The fourth-order valence-electron chi connectivity index (χ4n) is 3.08. The topological polar surface area (TPSA) is 96.6 Å². The fraction of sp³-hybridized carbons (Fsp3) is 0.0400. The highest BCUT2D eigenvalue weighted by molar-refractivity contribution is 8.18. The molecule has 3 aromatic carbocycles. The van der Waals surface area contributed by atoms with Crippen molar-refractivity contribution < 1.29 is 14.7 Å². The monoisotopic (exact) mass is 438 g/mol. The van der Waals surface area contributed by atoms with Crippen LogP contribution in [-0.4, -0.2) is 21.9 Å². The van der Waals surface area contributed by atoms with Crippen molar-refractivity contribution in [1.29, 1.82) is 5.26 Å². The van der Waals surface area contributed by atoms with Crippen molar-refractivity contribution >= 4 is 40.6 Å². The van der Waals surface area contributed by atoms with Crippen LogP contribution in [0.15, 0.2) is 88.8 Å². The summed E-state index contributed by atoms with van der Waals surface area (Å²) in [7, 11) is 0. The molecule has 0 N–H and O–H groups in total. The molecule has 32 heavy (non-hydrogen) atoms. The molecule has 0 aromatic heterocycles. The van der Waals surface area contributed by atoms with Crippen molar-refractivity contribution in [2.24, 2.45) is 4.99 Å². The molecule has 1 saturated heterocycles. The Bertz CT molecular complexity index is 1260. The molecule has 0 bridgehead atoms. The van der Waals surface area contributed by atoms with Gasteiger partial charge in [-0.15, -0.1) is 0 Å². The lowest BCUT2D eigenvalue weighted by molar-refractivity contribution is -0.255. The zero-order chi connectivity index (χ0) is 22.5. The molecule has 0 aliphatic carbocycles. The highest BCUT2D eigenvalue weighted by Crippen LogP contribution is 2.35. The molecule has 1 aliphatic rings. The lowest BCUT2D eigenvalue weighted by atomic mass is 10.1. The van der Waals surface area contributed by atoms with E-state index in [1.165, 1.54) is 23.9 Å². The second-order valence-electron chi connectivity index (χ2n) is 6.95. The molecule has 1 aliphatic heterocycles. The second-order valence-corrected chi connectivity index (χ2v) is 7.96. The lowest BCUT2D eigenvalue weighted by Gasteiger charge is -2.16. The predicted octanol–water partition coefficient (Wildman–Crippen LogP) is 3.73. The zero-order valence-electron chi connectivity index (χ0n) is 16.8. The molecule has 1 heterocycles. The van der Waals surface area contributed by atoms with Gasteiger partial charge in [0.1, 0.15) is 0 Å². The number of amides is 1. The number of aromatic carboxylic acids is 1. The number of amidine groups is 1. The maximum Gasteiger partial charge on any atom is 0.267 e. The van der Waals surface area contributed by atoms with Crippen molar-refractivity contribution in [2.75, 3.05) is 0 Å². The van der Waals surface area contributed by atoms with Crippen LogP contribution in [0.5, 0.6) is 0 Å². The average molecular weight is 438 g/mol. The SMILES string of the molecule is N#Cc1ccc(/C=C2/SC(=Nc3ccccc3)N(Cc3ccc(C(=O)[O-])cc3)C2=O)cc1. The lowest BCUT2D eigenvalue weighted by Crippen LogP contribution is -2.28. The van der Waals surface area contributed by atoms with Crippen LogP contribution in [-0.2, 0) is 11.3 Å². The van der Waals surface area contributed by atoms with Gasteiger partial charge in [0.15, 0.2) is 5.17 Å². The van der Waals surface area contributed by atoms with Crippen LogP contribution in [0.1, 0.15) is 27.0 Å². The maximum absolute atomic E-state index is 13.2. The third-order valence-electron chi connectivity index (χ3n) is 4.74. The van der Waals surface area contributed by atoms with E-state index in [4.69, 9.17) is 5.26 Å². The van der Waals surface area contributed by atoms with Gasteiger partial charge in [0.25, 0.3) is 5.91 Å². The highest BCUT2D eigenvalue weighted by Gasteiger charge is 2.33. The van der Waals surface area contributed by atoms with E-state index >= 15 is 0 Å². The zero-order valence-corrected chi connectivity index (χ0v) is 17.6. The first-order chi connectivity index (χ1) is 15.5. The molecule has 0 unspecified atom stereocenters. The summed E-state index contributed by atoms with van der Waals surface area (Å²) in [5.41, 5.74) is 2.92. The number of carbonyl (C=O) groups is 2. The summed E-state index contributed by atoms with van der Waals surface area (Å²) in [5.74, 6) is -1.44. The number of thioether (sulfide) groups is 1. The minimum atomic E-state index is -1.25. The second kappa shape index (κ2) is 9.33. The van der Waals surface area contributed by atoms with E-state index in [1.54, 1.807) is 47.4 Å². The number of nitriles is 1. The number of aliphatic imine (C=N–C) groups is 1. The Kier molecular flexibility index (Phi) is 6.15. The minimum absolute atomic E-state index is 0.0791. The average Bonchev–Trinajstić information content (AvgIpc) is 3.09. The number of para-hydroxylation sites is 1. The molecule has 6 nitrogen and oxygen atoms in total. The number of hydrogen-bond donors (Lipinski definition) is 0. The number of rotatable bonds is 5. The van der Waals surface area contributed by atoms with Crippen molar-refractivity contribution in [3.63, 3.8) is 0 Å². The molecular formula is C25H16N3O3S-. The predicted molar refractivity (Wildman–Crippen MR) is 122 cm³/mol. The van der Waals surface area contributed by atoms with E-state index in [2.05, 4.69) is 11.1 Å². The third kappa shape index (κ3) is 4.77. The Morgan fingerprint density at radius 3 is 2.34 bits per heavy atom. The van der Waals surface area contributed by atoms with Gasteiger partial charge < -0.3 is 9.90 Å². The van der Waals surface area contributed by atoms with E-state index in [9.17, 15) is 14.7 Å². The van der Waals surface area contributed by atoms with Gasteiger partial charge >= 0.3 is 0 Å². The number of hydrogen-bond acceptors (Lipinski definition) is 6. The smallest absolute Gasteiger partial charge is 0.267 e. The van der Waals surface area contributed by atoms with E-state index in [1.807, 2.05) is 30.3 Å². The van der Waals surface area contributed by atoms with Crippen molar-refractivity contribution in [2.45, 2.75) is 6.54 Å². The molecule has 1 fully saturated rings. The molecule has 156 valence electrons. The molecule has 4 rings (SSSR count). The summed E-state index contributed by atoms with van der Waals surface area (Å²) in [6.45, 7) is 0.246. The molecule has 3 aromatic rings. The van der Waals surface area contributed by atoms with Crippen LogP contribution < -0.4 is 5.11 Å². The van der Waals surface area contributed by atoms with Gasteiger partial charge in [-0.1, -0.05) is 54.6 Å². The Labute approximate surface area is 189 Å². The van der Waals surface area contributed by atoms with Gasteiger partial charge in [-0.25, -0.2) is 4.99 Å². The third-order valence-corrected chi connectivity index (χ3v) is 5.74. The quantitative estimate of drug-likeness (QED) is 0.566. The maximum atomic E-state index is 13.2. The van der Waals surface area contributed by atoms with Gasteiger partial charge in [0, 0.05) is 0 Å². The summed E-state index contributed by atoms with van der Waals surface area (Å²) in [6, 6.07) is 24.6. The summed E-state index contributed by atoms with van der Waals surface area (Å²) in [4.78, 5) is 30.9. The van der Waals surface area contributed by atoms with Crippen LogP contribution in [0.25, 0.3) is 6.08 Å². The Morgan fingerprint density at radius 1 is 1.03 bits per heavy atom. The van der Waals surface area contributed by atoms with Crippen LogP contribution in [0.3, 0.4) is 0 Å². The first-order valence-corrected chi connectivity index (χ1v) is 10.5. The van der Waals surface area contributed by atoms with Gasteiger partial charge in [0.2, 0.25) is 0 Å². The minimum Gasteiger partial charge on any atom is -0.545 e. The summed E-state index contributed by atoms with van der Waals surface area (Å²) >= 11 is 1.27. The molecule has 0 radical (unpaired) electrons. The first kappa shape index (κ1) is 21.1. The Balaban J connectivity index is 1.66. The summed E-state index contributed by atoms with van der Waals surface area (Å²) in [6.07, 6.45) is 1.77. The van der Waals surface area contributed by atoms with E-state index in [-0.39, 0.29) is 18.0 Å². The largest absolute Gasteiger partial charge is 0.545 e. The molecule has 7 heteroatoms. The fourth-order valence-corrected chi connectivity index (χ4v) is 4.08. The van der Waals surface area contributed by atoms with E-state index in [0.29, 0.717) is 15.6 Å². The Morgan fingerprint density at radius 2 is 1.72 bits per heavy atom. The standard InChI is InChI=1S/C25H17N3O3S/c26-15-18-8-6-17(7-9-18)14-22-23(29)28(16-19-10-12-20(13-11-19)24(30)31)25(32-22)27-21-4-2-1-3-5-21/h1-14H,16H2,(H,30,31)/p-1/b22-14+,27-25?. The van der Waals surface area contributed by atoms with Crippen LogP contribution in [0, 0.1) is 11.3 Å².